The Morgan fingerprint density at radius 3 is 2.11 bits per heavy atom. The van der Waals surface area contributed by atoms with Gasteiger partial charge in [-0.1, -0.05) is 48.0 Å². The summed E-state index contributed by atoms with van der Waals surface area (Å²) in [5.41, 5.74) is 3.97. The van der Waals surface area contributed by atoms with Crippen LogP contribution in [-0.4, -0.2) is 38.5 Å². The van der Waals surface area contributed by atoms with E-state index in [1.54, 1.807) is 25.3 Å². The lowest BCUT2D eigenvalue weighted by molar-refractivity contribution is 0.355. The van der Waals surface area contributed by atoms with Gasteiger partial charge in [-0.15, -0.1) is 0 Å². The van der Waals surface area contributed by atoms with Gasteiger partial charge in [0.25, 0.3) is 5.56 Å². The van der Waals surface area contributed by atoms with Gasteiger partial charge < -0.3 is 14.5 Å². The Morgan fingerprint density at radius 1 is 0.865 bits per heavy atom. The summed E-state index contributed by atoms with van der Waals surface area (Å²) >= 11 is 0. The maximum atomic E-state index is 14.0. The number of fused-ring (bicyclic) bond motifs is 1. The van der Waals surface area contributed by atoms with E-state index in [4.69, 9.17) is 9.47 Å². The van der Waals surface area contributed by atoms with Crippen molar-refractivity contribution in [1.82, 2.24) is 9.29 Å². The Hall–Kier alpha value is -3.62. The molecule has 1 heterocycles. The SMILES string of the molecule is COc1cc2cc(CN(CCc3ccccc3)S(=O)(=O)c3c(C)cc(C)cc3C)c(=O)[nH]c2cc1OC. The fourth-order valence-electron chi connectivity index (χ4n) is 4.77. The first-order chi connectivity index (χ1) is 17.6. The minimum absolute atomic E-state index is 0.0679. The molecular weight excluding hydrogens is 488 g/mol. The third-order valence-electron chi connectivity index (χ3n) is 6.47. The van der Waals surface area contributed by atoms with E-state index in [0.29, 0.717) is 40.1 Å². The standard InChI is InChI=1S/C29H32N2O5S/c1-19-13-20(2)28(21(3)14-19)37(33,34)31(12-11-22-9-7-6-8-10-22)18-24-15-23-16-26(35-4)27(36-5)17-25(23)30-29(24)32/h6-10,13-17H,11-12,18H2,1-5H3,(H,30,32). The molecule has 0 aliphatic rings. The van der Waals surface area contributed by atoms with Gasteiger partial charge in [0.15, 0.2) is 11.5 Å². The molecular formula is C29H32N2O5S. The minimum Gasteiger partial charge on any atom is -0.493 e. The van der Waals surface area contributed by atoms with E-state index in [0.717, 1.165) is 16.5 Å². The minimum atomic E-state index is -3.91. The number of pyridine rings is 1. The van der Waals surface area contributed by atoms with Crippen LogP contribution in [0.1, 0.15) is 27.8 Å². The molecule has 194 valence electrons. The number of benzene rings is 3. The first-order valence-corrected chi connectivity index (χ1v) is 13.5. The number of sulfonamides is 1. The lowest BCUT2D eigenvalue weighted by atomic mass is 10.1. The van der Waals surface area contributed by atoms with Gasteiger partial charge in [-0.2, -0.15) is 4.31 Å². The van der Waals surface area contributed by atoms with E-state index < -0.39 is 10.0 Å². The van der Waals surface area contributed by atoms with Crippen LogP contribution in [0.4, 0.5) is 0 Å². The number of aromatic amines is 1. The van der Waals surface area contributed by atoms with Crippen LogP contribution in [0.15, 0.2) is 70.4 Å². The average Bonchev–Trinajstić information content (AvgIpc) is 2.85. The predicted molar refractivity (Wildman–Crippen MR) is 146 cm³/mol. The number of methoxy groups -OCH3 is 2. The Morgan fingerprint density at radius 2 is 1.49 bits per heavy atom. The van der Waals surface area contributed by atoms with E-state index in [1.807, 2.05) is 63.2 Å². The van der Waals surface area contributed by atoms with Gasteiger partial charge in [0.2, 0.25) is 10.0 Å². The maximum Gasteiger partial charge on any atom is 0.252 e. The quantitative estimate of drug-likeness (QED) is 0.339. The molecule has 0 bridgehead atoms. The molecule has 0 atom stereocenters. The second-order valence-electron chi connectivity index (χ2n) is 9.22. The molecule has 0 saturated carbocycles. The van der Waals surface area contributed by atoms with Crippen molar-refractivity contribution in [2.45, 2.75) is 38.6 Å². The van der Waals surface area contributed by atoms with Crippen LogP contribution in [0.2, 0.25) is 0 Å². The average molecular weight is 521 g/mol. The molecule has 3 aromatic carbocycles. The van der Waals surface area contributed by atoms with Crippen molar-refractivity contribution in [3.05, 3.63) is 98.8 Å². The van der Waals surface area contributed by atoms with Gasteiger partial charge >= 0.3 is 0 Å². The summed E-state index contributed by atoms with van der Waals surface area (Å²) < 4.78 is 40.2. The van der Waals surface area contributed by atoms with Crippen molar-refractivity contribution >= 4 is 20.9 Å². The first kappa shape index (κ1) is 26.4. The van der Waals surface area contributed by atoms with Crippen molar-refractivity contribution in [2.75, 3.05) is 20.8 Å². The van der Waals surface area contributed by atoms with E-state index >= 15 is 0 Å². The molecule has 1 N–H and O–H groups in total. The zero-order valence-corrected chi connectivity index (χ0v) is 22.6. The summed E-state index contributed by atoms with van der Waals surface area (Å²) in [4.78, 5) is 16.2. The highest BCUT2D eigenvalue weighted by Gasteiger charge is 2.29. The lowest BCUT2D eigenvalue weighted by Crippen LogP contribution is -2.35. The monoisotopic (exact) mass is 520 g/mol. The Balaban J connectivity index is 1.79. The highest BCUT2D eigenvalue weighted by Crippen LogP contribution is 2.32. The van der Waals surface area contributed by atoms with Crippen LogP contribution >= 0.6 is 0 Å². The second-order valence-corrected chi connectivity index (χ2v) is 11.1. The molecule has 4 rings (SSSR count). The molecule has 0 aliphatic heterocycles. The van der Waals surface area contributed by atoms with Crippen LogP contribution in [0.3, 0.4) is 0 Å². The fraction of sp³-hybridized carbons (Fsp3) is 0.276. The molecule has 0 radical (unpaired) electrons. The van der Waals surface area contributed by atoms with E-state index in [1.165, 1.54) is 11.4 Å². The van der Waals surface area contributed by atoms with Gasteiger partial charge in [-0.3, -0.25) is 4.79 Å². The van der Waals surface area contributed by atoms with Crippen molar-refractivity contribution in [3.63, 3.8) is 0 Å². The van der Waals surface area contributed by atoms with Gasteiger partial charge in [-0.25, -0.2) is 8.42 Å². The molecule has 0 unspecified atom stereocenters. The summed E-state index contributed by atoms with van der Waals surface area (Å²) in [6, 6.07) is 18.6. The third-order valence-corrected chi connectivity index (χ3v) is 8.62. The molecule has 0 fully saturated rings. The second kappa shape index (κ2) is 10.8. The largest absolute Gasteiger partial charge is 0.493 e. The summed E-state index contributed by atoms with van der Waals surface area (Å²) in [6.07, 6.45) is 0.514. The van der Waals surface area contributed by atoms with Crippen molar-refractivity contribution in [3.8, 4) is 11.5 Å². The number of hydrogen-bond acceptors (Lipinski definition) is 5. The topological polar surface area (TPSA) is 88.7 Å². The zero-order valence-electron chi connectivity index (χ0n) is 21.8. The van der Waals surface area contributed by atoms with E-state index in [2.05, 4.69) is 4.98 Å². The van der Waals surface area contributed by atoms with Crippen molar-refractivity contribution < 1.29 is 17.9 Å². The van der Waals surface area contributed by atoms with Gasteiger partial charge in [0, 0.05) is 30.1 Å². The number of aryl methyl sites for hydroxylation is 3. The van der Waals surface area contributed by atoms with Crippen LogP contribution < -0.4 is 15.0 Å². The maximum absolute atomic E-state index is 14.0. The van der Waals surface area contributed by atoms with E-state index in [-0.39, 0.29) is 23.5 Å². The first-order valence-electron chi connectivity index (χ1n) is 12.0. The molecule has 0 saturated heterocycles. The number of aromatic nitrogens is 1. The highest BCUT2D eigenvalue weighted by atomic mass is 32.2. The third kappa shape index (κ3) is 5.55. The molecule has 4 aromatic rings. The fourth-order valence-corrected chi connectivity index (χ4v) is 6.60. The van der Waals surface area contributed by atoms with Gasteiger partial charge in [-0.05, 0) is 56.0 Å². The van der Waals surface area contributed by atoms with Crippen LogP contribution in [0.5, 0.6) is 11.5 Å². The summed E-state index contributed by atoms with van der Waals surface area (Å²) in [5.74, 6) is 1.02. The number of hydrogen-bond donors (Lipinski definition) is 1. The smallest absolute Gasteiger partial charge is 0.252 e. The number of ether oxygens (including phenoxy) is 2. The van der Waals surface area contributed by atoms with Crippen LogP contribution in [-0.2, 0) is 23.0 Å². The van der Waals surface area contributed by atoms with Crippen molar-refractivity contribution in [2.24, 2.45) is 0 Å². The Bertz CT molecular complexity index is 1570. The lowest BCUT2D eigenvalue weighted by Gasteiger charge is -2.24. The number of nitrogens with zero attached hydrogens (tertiary/aromatic N) is 1. The summed E-state index contributed by atoms with van der Waals surface area (Å²) in [7, 11) is -0.835. The molecule has 37 heavy (non-hydrogen) atoms. The van der Waals surface area contributed by atoms with Crippen molar-refractivity contribution in [1.29, 1.82) is 0 Å². The number of rotatable bonds is 9. The molecule has 7 nitrogen and oxygen atoms in total. The molecule has 0 spiro atoms. The Kier molecular flexibility index (Phi) is 7.71. The van der Waals surface area contributed by atoms with E-state index in [9.17, 15) is 13.2 Å². The normalized spacial score (nSPS) is 11.7. The zero-order chi connectivity index (χ0) is 26.7. The molecule has 8 heteroatoms. The van der Waals surface area contributed by atoms with Gasteiger partial charge in [0.1, 0.15) is 0 Å². The summed E-state index contributed by atoms with van der Waals surface area (Å²) in [5, 5.41) is 0.718. The van der Waals surface area contributed by atoms with Crippen LogP contribution in [0, 0.1) is 20.8 Å². The Labute approximate surface area is 217 Å². The number of nitrogens with one attached hydrogen (secondary N) is 1. The highest BCUT2D eigenvalue weighted by molar-refractivity contribution is 7.89. The number of H-pyrrole nitrogens is 1. The molecule has 1 aromatic heterocycles. The summed E-state index contributed by atoms with van der Waals surface area (Å²) in [6.45, 7) is 5.72. The molecule has 0 amide bonds. The van der Waals surface area contributed by atoms with Gasteiger partial charge in [0.05, 0.1) is 24.6 Å². The molecule has 0 aliphatic carbocycles. The van der Waals surface area contributed by atoms with Crippen LogP contribution in [0.25, 0.3) is 10.9 Å². The predicted octanol–water partition coefficient (Wildman–Crippen LogP) is 4.90.